The van der Waals surface area contributed by atoms with E-state index in [0.29, 0.717) is 25.4 Å². The first-order valence-corrected chi connectivity index (χ1v) is 7.72. The van der Waals surface area contributed by atoms with Gasteiger partial charge in [0.1, 0.15) is 6.61 Å². The maximum atomic E-state index is 12.3. The number of hydrogen-bond donors (Lipinski definition) is 2. The molecule has 8 nitrogen and oxygen atoms in total. The molecule has 0 aliphatic carbocycles. The summed E-state index contributed by atoms with van der Waals surface area (Å²) in [4.78, 5) is 38.8. The molecule has 2 rings (SSSR count). The van der Waals surface area contributed by atoms with Crippen molar-refractivity contribution in [3.05, 3.63) is 24.3 Å². The summed E-state index contributed by atoms with van der Waals surface area (Å²) in [6.07, 6.45) is 0. The summed E-state index contributed by atoms with van der Waals surface area (Å²) in [6, 6.07) is 5.80. The van der Waals surface area contributed by atoms with Gasteiger partial charge < -0.3 is 20.7 Å². The molecule has 3 N–H and O–H groups in total. The highest BCUT2D eigenvalue weighted by Gasteiger charge is 2.28. The molecule has 0 bridgehead atoms. The van der Waals surface area contributed by atoms with Crippen LogP contribution in [-0.4, -0.2) is 62.0 Å². The van der Waals surface area contributed by atoms with E-state index in [0.717, 1.165) is 5.69 Å². The van der Waals surface area contributed by atoms with Crippen LogP contribution in [0, 0.1) is 0 Å². The van der Waals surface area contributed by atoms with Crippen molar-refractivity contribution < 1.29 is 19.1 Å². The zero-order valence-corrected chi connectivity index (χ0v) is 13.8. The first-order chi connectivity index (χ1) is 11.4. The summed E-state index contributed by atoms with van der Waals surface area (Å²) in [5, 5.41) is 2.67. The van der Waals surface area contributed by atoms with Crippen LogP contribution in [0.3, 0.4) is 0 Å². The van der Waals surface area contributed by atoms with Gasteiger partial charge in [-0.15, -0.1) is 0 Å². The summed E-state index contributed by atoms with van der Waals surface area (Å²) in [6.45, 7) is 3.40. The second kappa shape index (κ2) is 7.89. The monoisotopic (exact) mass is 334 g/mol. The van der Waals surface area contributed by atoms with Crippen molar-refractivity contribution >= 4 is 29.1 Å². The number of nitrogens with two attached hydrogens (primary N) is 1. The molecular weight excluding hydrogens is 312 g/mol. The van der Waals surface area contributed by atoms with Crippen LogP contribution in [0.2, 0.25) is 0 Å². The lowest BCUT2D eigenvalue weighted by molar-refractivity contribution is -0.131. The van der Waals surface area contributed by atoms with E-state index in [-0.39, 0.29) is 12.5 Å². The number of nitrogens with one attached hydrogen (secondary N) is 1. The van der Waals surface area contributed by atoms with Crippen molar-refractivity contribution in [2.24, 2.45) is 5.73 Å². The summed E-state index contributed by atoms with van der Waals surface area (Å²) in [7, 11) is 1.65. The number of likely N-dealkylation sites (N-methyl/N-ethyl adjacent to an activating group) is 1. The van der Waals surface area contributed by atoms with Gasteiger partial charge >= 0.3 is 0 Å². The van der Waals surface area contributed by atoms with Crippen molar-refractivity contribution in [2.75, 3.05) is 43.6 Å². The number of benzene rings is 1. The molecule has 1 aromatic rings. The molecule has 1 atom stereocenters. The molecule has 0 radical (unpaired) electrons. The predicted molar refractivity (Wildman–Crippen MR) is 89.5 cm³/mol. The van der Waals surface area contributed by atoms with Crippen LogP contribution in [0.15, 0.2) is 24.3 Å². The van der Waals surface area contributed by atoms with Crippen molar-refractivity contribution in [3.8, 4) is 0 Å². The van der Waals surface area contributed by atoms with E-state index in [1.165, 1.54) is 0 Å². The van der Waals surface area contributed by atoms with Crippen molar-refractivity contribution in [1.82, 2.24) is 4.90 Å². The van der Waals surface area contributed by atoms with Crippen LogP contribution < -0.4 is 16.0 Å². The van der Waals surface area contributed by atoms with E-state index in [1.807, 2.05) is 6.92 Å². The minimum atomic E-state index is -1.03. The van der Waals surface area contributed by atoms with Gasteiger partial charge in [0.25, 0.3) is 11.8 Å². The van der Waals surface area contributed by atoms with Gasteiger partial charge in [-0.3, -0.25) is 19.3 Å². The number of hydrogen-bond acceptors (Lipinski definition) is 5. The second-order valence-corrected chi connectivity index (χ2v) is 5.51. The zero-order valence-electron chi connectivity index (χ0n) is 13.8. The lowest BCUT2D eigenvalue weighted by atomic mass is 10.2. The number of primary amides is 1. The predicted octanol–water partition coefficient (Wildman–Crippen LogP) is -0.206. The highest BCUT2D eigenvalue weighted by Crippen LogP contribution is 2.20. The fourth-order valence-electron chi connectivity index (χ4n) is 2.46. The van der Waals surface area contributed by atoms with Crippen LogP contribution >= 0.6 is 0 Å². The summed E-state index contributed by atoms with van der Waals surface area (Å²) < 4.78 is 5.09. The third-order valence-electron chi connectivity index (χ3n) is 3.89. The number of carbonyl (C=O) groups excluding carboxylic acids is 3. The van der Waals surface area contributed by atoms with Gasteiger partial charge in [0.15, 0.2) is 6.04 Å². The van der Waals surface area contributed by atoms with Crippen LogP contribution in [0.5, 0.6) is 0 Å². The molecule has 8 heteroatoms. The zero-order chi connectivity index (χ0) is 17.7. The largest absolute Gasteiger partial charge is 0.370 e. The lowest BCUT2D eigenvalue weighted by Crippen LogP contribution is -2.50. The van der Waals surface area contributed by atoms with Crippen molar-refractivity contribution in [3.63, 3.8) is 0 Å². The van der Waals surface area contributed by atoms with Crippen molar-refractivity contribution in [2.45, 2.75) is 13.0 Å². The van der Waals surface area contributed by atoms with Gasteiger partial charge in [0.2, 0.25) is 5.91 Å². The number of ether oxygens (including phenoxy) is 1. The fraction of sp³-hybridized carbons (Fsp3) is 0.438. The molecule has 1 aromatic carbocycles. The molecule has 1 heterocycles. The summed E-state index contributed by atoms with van der Waals surface area (Å²) in [5.41, 5.74) is 6.57. The van der Waals surface area contributed by atoms with Crippen LogP contribution in [0.4, 0.5) is 11.4 Å². The van der Waals surface area contributed by atoms with E-state index in [9.17, 15) is 14.4 Å². The van der Waals surface area contributed by atoms with E-state index in [1.54, 1.807) is 41.1 Å². The normalized spacial score (nSPS) is 16.1. The third-order valence-corrected chi connectivity index (χ3v) is 3.89. The molecular formula is C16H22N4O4. The lowest BCUT2D eigenvalue weighted by Gasteiger charge is -2.27. The maximum absolute atomic E-state index is 12.3. The van der Waals surface area contributed by atoms with Gasteiger partial charge in [-0.25, -0.2) is 0 Å². The molecule has 1 saturated heterocycles. The molecule has 0 spiro atoms. The Labute approximate surface area is 140 Å². The van der Waals surface area contributed by atoms with Gasteiger partial charge in [-0.05, 0) is 37.9 Å². The summed E-state index contributed by atoms with van der Waals surface area (Å²) >= 11 is 0. The number of carbonyl (C=O) groups is 3. The topological polar surface area (TPSA) is 105 Å². The molecule has 24 heavy (non-hydrogen) atoms. The van der Waals surface area contributed by atoms with Gasteiger partial charge in [-0.2, -0.15) is 0 Å². The number of amides is 3. The minimum absolute atomic E-state index is 0.0716. The van der Waals surface area contributed by atoms with Crippen molar-refractivity contribution in [1.29, 1.82) is 0 Å². The average molecular weight is 334 g/mol. The Bertz CT molecular complexity index is 617. The van der Waals surface area contributed by atoms with Gasteiger partial charge in [0.05, 0.1) is 6.61 Å². The second-order valence-electron chi connectivity index (χ2n) is 5.51. The fourth-order valence-corrected chi connectivity index (χ4v) is 2.46. The summed E-state index contributed by atoms with van der Waals surface area (Å²) in [5.74, 6) is -1.29. The Morgan fingerprint density at radius 1 is 1.38 bits per heavy atom. The Morgan fingerprint density at radius 2 is 2.04 bits per heavy atom. The molecule has 1 aliphatic rings. The van der Waals surface area contributed by atoms with E-state index in [2.05, 4.69) is 5.32 Å². The molecule has 3 amide bonds. The van der Waals surface area contributed by atoms with Gasteiger partial charge in [-0.1, -0.05) is 6.92 Å². The Hall–Kier alpha value is -2.45. The van der Waals surface area contributed by atoms with Crippen LogP contribution in [0.1, 0.15) is 6.92 Å². The number of anilines is 2. The smallest absolute Gasteiger partial charge is 0.253 e. The molecule has 1 fully saturated rings. The average Bonchev–Trinajstić information content (AvgIpc) is 2.55. The maximum Gasteiger partial charge on any atom is 0.253 e. The SMILES string of the molecule is CCN(C)[C@H](C(N)=O)C(=O)Nc1ccc(N2CCOCC2=O)cc1. The molecule has 0 aromatic heterocycles. The quantitative estimate of drug-likeness (QED) is 0.701. The van der Waals surface area contributed by atoms with E-state index >= 15 is 0 Å². The van der Waals surface area contributed by atoms with Crippen LogP contribution in [0.25, 0.3) is 0 Å². The third kappa shape index (κ3) is 4.09. The Balaban J connectivity index is 2.06. The number of rotatable bonds is 6. The molecule has 130 valence electrons. The van der Waals surface area contributed by atoms with E-state index in [4.69, 9.17) is 10.5 Å². The van der Waals surface area contributed by atoms with Gasteiger partial charge in [0, 0.05) is 17.9 Å². The highest BCUT2D eigenvalue weighted by atomic mass is 16.5. The Kier molecular flexibility index (Phi) is 5.88. The number of morpholine rings is 1. The standard InChI is InChI=1S/C16H22N4O4/c1-3-19(2)14(15(17)22)16(23)18-11-4-6-12(7-5-11)20-8-9-24-10-13(20)21/h4-7,14H,3,8-10H2,1-2H3,(H2,17,22)(H,18,23)/t14-/m1/s1. The Morgan fingerprint density at radius 3 is 2.58 bits per heavy atom. The highest BCUT2D eigenvalue weighted by molar-refractivity contribution is 6.09. The number of nitrogens with zero attached hydrogens (tertiary/aromatic N) is 2. The van der Waals surface area contributed by atoms with Crippen LogP contribution in [-0.2, 0) is 19.1 Å². The minimum Gasteiger partial charge on any atom is -0.370 e. The molecule has 1 aliphatic heterocycles. The molecule has 0 saturated carbocycles. The van der Waals surface area contributed by atoms with E-state index < -0.39 is 17.9 Å². The first kappa shape index (κ1) is 17.9. The first-order valence-electron chi connectivity index (χ1n) is 7.72. The molecule has 0 unspecified atom stereocenters.